The zero-order chi connectivity index (χ0) is 11.5. The summed E-state index contributed by atoms with van der Waals surface area (Å²) in [4.78, 5) is -0.0925. The van der Waals surface area contributed by atoms with Gasteiger partial charge in [0, 0.05) is 6.54 Å². The average molecular weight is 270 g/mol. The van der Waals surface area contributed by atoms with Gasteiger partial charge in [0.1, 0.15) is 4.90 Å². The molecule has 84 valence electrons. The Bertz CT molecular complexity index is 447. The monoisotopic (exact) mass is 269 g/mol. The second-order valence-electron chi connectivity index (χ2n) is 2.67. The molecule has 0 bridgehead atoms. The molecule has 0 spiro atoms. The predicted octanol–water partition coefficient (Wildman–Crippen LogP) is 1.26. The molecule has 0 radical (unpaired) electrons. The van der Waals surface area contributed by atoms with Gasteiger partial charge in [0.25, 0.3) is 0 Å². The van der Waals surface area contributed by atoms with E-state index >= 15 is 0 Å². The Hall–Kier alpha value is -0.330. The first-order chi connectivity index (χ1) is 6.99. The highest BCUT2D eigenvalue weighted by Crippen LogP contribution is 2.28. The van der Waals surface area contributed by atoms with E-state index in [0.717, 1.165) is 0 Å². The number of hydrogen-bond acceptors (Lipinski definition) is 3. The van der Waals surface area contributed by atoms with E-state index in [1.54, 1.807) is 0 Å². The van der Waals surface area contributed by atoms with Crippen LogP contribution >= 0.6 is 23.2 Å². The molecule has 0 amide bonds. The maximum Gasteiger partial charge on any atom is 0.242 e. The zero-order valence-corrected chi connectivity index (χ0v) is 9.90. The Balaban J connectivity index is 3.10. The van der Waals surface area contributed by atoms with Crippen LogP contribution < -0.4 is 4.72 Å². The Morgan fingerprint density at radius 2 is 2.00 bits per heavy atom. The van der Waals surface area contributed by atoms with Gasteiger partial charge in [-0.05, 0) is 12.1 Å². The third-order valence-corrected chi connectivity index (χ3v) is 4.04. The van der Waals surface area contributed by atoms with E-state index in [0.29, 0.717) is 0 Å². The van der Waals surface area contributed by atoms with Gasteiger partial charge in [-0.25, -0.2) is 13.1 Å². The summed E-state index contributed by atoms with van der Waals surface area (Å²) in [7, 11) is -3.70. The zero-order valence-electron chi connectivity index (χ0n) is 7.57. The summed E-state index contributed by atoms with van der Waals surface area (Å²) in [6.07, 6.45) is 0. The summed E-state index contributed by atoms with van der Waals surface area (Å²) in [6.45, 7) is -0.345. The molecule has 7 heteroatoms. The van der Waals surface area contributed by atoms with Crippen molar-refractivity contribution < 1.29 is 13.5 Å². The van der Waals surface area contributed by atoms with Crippen molar-refractivity contribution in [3.05, 3.63) is 28.2 Å². The van der Waals surface area contributed by atoms with Crippen LogP contribution in [-0.2, 0) is 10.0 Å². The molecule has 0 heterocycles. The molecule has 0 saturated carbocycles. The summed E-state index contributed by atoms with van der Waals surface area (Å²) in [6, 6.07) is 4.32. The van der Waals surface area contributed by atoms with Gasteiger partial charge in [-0.15, -0.1) is 0 Å². The van der Waals surface area contributed by atoms with E-state index in [4.69, 9.17) is 28.3 Å². The van der Waals surface area contributed by atoms with Crippen LogP contribution in [0.3, 0.4) is 0 Å². The summed E-state index contributed by atoms with van der Waals surface area (Å²) in [5.41, 5.74) is 0. The van der Waals surface area contributed by atoms with Crippen molar-refractivity contribution in [1.82, 2.24) is 4.72 Å². The lowest BCUT2D eigenvalue weighted by Gasteiger charge is -2.07. The lowest BCUT2D eigenvalue weighted by Crippen LogP contribution is -2.26. The summed E-state index contributed by atoms with van der Waals surface area (Å²) in [5.74, 6) is 0. The van der Waals surface area contributed by atoms with Crippen LogP contribution in [0.15, 0.2) is 23.1 Å². The van der Waals surface area contributed by atoms with Crippen LogP contribution in [0.2, 0.25) is 10.0 Å². The number of nitrogens with one attached hydrogen (secondary N) is 1. The van der Waals surface area contributed by atoms with Crippen LogP contribution in [-0.4, -0.2) is 26.7 Å². The molecule has 0 aromatic heterocycles. The van der Waals surface area contributed by atoms with Gasteiger partial charge in [0.05, 0.1) is 16.7 Å². The second-order valence-corrected chi connectivity index (χ2v) is 5.19. The Morgan fingerprint density at radius 1 is 1.33 bits per heavy atom. The van der Waals surface area contributed by atoms with E-state index in [-0.39, 0.29) is 28.1 Å². The minimum atomic E-state index is -3.70. The second kappa shape index (κ2) is 5.14. The van der Waals surface area contributed by atoms with Gasteiger partial charge in [-0.3, -0.25) is 0 Å². The van der Waals surface area contributed by atoms with Gasteiger partial charge in [-0.2, -0.15) is 0 Å². The van der Waals surface area contributed by atoms with E-state index in [9.17, 15) is 8.42 Å². The topological polar surface area (TPSA) is 66.4 Å². The highest BCUT2D eigenvalue weighted by Gasteiger charge is 2.18. The van der Waals surface area contributed by atoms with E-state index < -0.39 is 10.0 Å². The molecule has 0 aliphatic carbocycles. The molecule has 0 aliphatic rings. The SMILES string of the molecule is O=S(=O)(NCCO)c1cccc(Cl)c1Cl. The van der Waals surface area contributed by atoms with Crippen molar-refractivity contribution in [3.63, 3.8) is 0 Å². The molecule has 0 aliphatic heterocycles. The molecule has 1 rings (SSSR count). The molecule has 1 aromatic carbocycles. The summed E-state index contributed by atoms with van der Waals surface area (Å²) < 4.78 is 25.4. The number of hydrogen-bond donors (Lipinski definition) is 2. The molecule has 0 saturated heterocycles. The van der Waals surface area contributed by atoms with Gasteiger partial charge >= 0.3 is 0 Å². The molecule has 4 nitrogen and oxygen atoms in total. The first kappa shape index (κ1) is 12.7. The van der Waals surface area contributed by atoms with Crippen LogP contribution in [0.1, 0.15) is 0 Å². The number of benzene rings is 1. The summed E-state index contributed by atoms with van der Waals surface area (Å²) in [5, 5.41) is 8.66. The van der Waals surface area contributed by atoms with E-state index in [2.05, 4.69) is 4.72 Å². The van der Waals surface area contributed by atoms with Gasteiger partial charge in [0.2, 0.25) is 10.0 Å². The first-order valence-electron chi connectivity index (χ1n) is 4.03. The number of halogens is 2. The normalized spacial score (nSPS) is 11.7. The van der Waals surface area contributed by atoms with Crippen LogP contribution in [0, 0.1) is 0 Å². The summed E-state index contributed by atoms with van der Waals surface area (Å²) >= 11 is 11.4. The average Bonchev–Trinajstić information content (AvgIpc) is 2.19. The lowest BCUT2D eigenvalue weighted by atomic mass is 10.4. The molecular weight excluding hydrogens is 261 g/mol. The fraction of sp³-hybridized carbons (Fsp3) is 0.250. The van der Waals surface area contributed by atoms with Crippen LogP contribution in [0.4, 0.5) is 0 Å². The first-order valence-corrected chi connectivity index (χ1v) is 6.27. The molecule has 0 fully saturated rings. The fourth-order valence-corrected chi connectivity index (χ4v) is 2.73. The Morgan fingerprint density at radius 3 is 2.60 bits per heavy atom. The Kier molecular flexibility index (Phi) is 4.36. The van der Waals surface area contributed by atoms with Crippen molar-refractivity contribution in [1.29, 1.82) is 0 Å². The maximum atomic E-state index is 11.6. The largest absolute Gasteiger partial charge is 0.395 e. The van der Waals surface area contributed by atoms with E-state index in [1.807, 2.05) is 0 Å². The van der Waals surface area contributed by atoms with Crippen molar-refractivity contribution in [2.75, 3.05) is 13.2 Å². The molecule has 15 heavy (non-hydrogen) atoms. The van der Waals surface area contributed by atoms with Gasteiger partial charge in [0.15, 0.2) is 0 Å². The van der Waals surface area contributed by atoms with E-state index in [1.165, 1.54) is 18.2 Å². The minimum Gasteiger partial charge on any atom is -0.395 e. The molecule has 0 unspecified atom stereocenters. The fourth-order valence-electron chi connectivity index (χ4n) is 0.949. The van der Waals surface area contributed by atoms with Crippen molar-refractivity contribution in [2.45, 2.75) is 4.90 Å². The highest BCUT2D eigenvalue weighted by atomic mass is 35.5. The van der Waals surface area contributed by atoms with Gasteiger partial charge in [-0.1, -0.05) is 29.3 Å². The molecule has 1 aromatic rings. The maximum absolute atomic E-state index is 11.6. The highest BCUT2D eigenvalue weighted by molar-refractivity contribution is 7.89. The van der Waals surface area contributed by atoms with Crippen molar-refractivity contribution in [3.8, 4) is 0 Å². The Labute approximate surface area is 97.9 Å². The van der Waals surface area contributed by atoms with Crippen molar-refractivity contribution >= 4 is 33.2 Å². The number of rotatable bonds is 4. The third kappa shape index (κ3) is 3.06. The lowest BCUT2D eigenvalue weighted by molar-refractivity contribution is 0.301. The van der Waals surface area contributed by atoms with Crippen LogP contribution in [0.5, 0.6) is 0 Å². The standard InChI is InChI=1S/C8H9Cl2NO3S/c9-6-2-1-3-7(8(6)10)15(13,14)11-4-5-12/h1-3,11-12H,4-5H2. The number of aliphatic hydroxyl groups is 1. The third-order valence-electron chi connectivity index (χ3n) is 1.61. The molecular formula is C8H9Cl2NO3S. The quantitative estimate of drug-likeness (QED) is 0.865. The molecule has 0 atom stereocenters. The molecule has 2 N–H and O–H groups in total. The smallest absolute Gasteiger partial charge is 0.242 e. The number of sulfonamides is 1. The van der Waals surface area contributed by atoms with Crippen molar-refractivity contribution in [2.24, 2.45) is 0 Å². The number of aliphatic hydroxyl groups excluding tert-OH is 1. The predicted molar refractivity (Wildman–Crippen MR) is 58.7 cm³/mol. The van der Waals surface area contributed by atoms with Crippen LogP contribution in [0.25, 0.3) is 0 Å². The van der Waals surface area contributed by atoms with Gasteiger partial charge < -0.3 is 5.11 Å². The minimum absolute atomic E-state index is 0.0235.